The van der Waals surface area contributed by atoms with Crippen molar-refractivity contribution >= 4 is 15.9 Å². The zero-order valence-electron chi connectivity index (χ0n) is 18.5. The lowest BCUT2D eigenvalue weighted by Gasteiger charge is -2.17. The Hall–Kier alpha value is -3.16. The molecule has 168 valence electrons. The van der Waals surface area contributed by atoms with Crippen molar-refractivity contribution in [1.29, 1.82) is 0 Å². The van der Waals surface area contributed by atoms with Crippen LogP contribution in [-0.4, -0.2) is 39.3 Å². The predicted molar refractivity (Wildman–Crippen MR) is 125 cm³/mol. The Bertz CT molecular complexity index is 1140. The average Bonchev–Trinajstić information content (AvgIpc) is 2.79. The van der Waals surface area contributed by atoms with Gasteiger partial charge in [0.2, 0.25) is 10.0 Å². The van der Waals surface area contributed by atoms with E-state index < -0.39 is 10.0 Å². The van der Waals surface area contributed by atoms with Crippen molar-refractivity contribution in [3.63, 3.8) is 0 Å². The van der Waals surface area contributed by atoms with Crippen molar-refractivity contribution in [2.24, 2.45) is 0 Å². The van der Waals surface area contributed by atoms with Crippen LogP contribution in [0.15, 0.2) is 83.8 Å². The number of hydrogen-bond donors (Lipinski definition) is 1. The van der Waals surface area contributed by atoms with Crippen LogP contribution >= 0.6 is 0 Å². The zero-order valence-corrected chi connectivity index (χ0v) is 19.3. The van der Waals surface area contributed by atoms with Gasteiger partial charge in [-0.05, 0) is 41.8 Å². The first-order valence-electron chi connectivity index (χ1n) is 10.3. The monoisotopic (exact) mass is 452 g/mol. The summed E-state index contributed by atoms with van der Waals surface area (Å²) in [5, 5.41) is 2.89. The summed E-state index contributed by atoms with van der Waals surface area (Å²) in [6.45, 7) is 1.74. The summed E-state index contributed by atoms with van der Waals surface area (Å²) >= 11 is 0. The van der Waals surface area contributed by atoms with Gasteiger partial charge in [0.25, 0.3) is 5.91 Å². The van der Waals surface area contributed by atoms with Crippen LogP contribution in [-0.2, 0) is 21.2 Å². The number of nitrogens with one attached hydrogen (secondary N) is 1. The third-order valence-corrected chi connectivity index (χ3v) is 6.93. The van der Waals surface area contributed by atoms with E-state index >= 15 is 0 Å². The minimum Gasteiger partial charge on any atom is -0.483 e. The maximum atomic E-state index is 12.4. The molecule has 0 radical (unpaired) electrons. The van der Waals surface area contributed by atoms with E-state index in [0.717, 1.165) is 17.5 Å². The first kappa shape index (κ1) is 23.5. The highest BCUT2D eigenvalue weighted by molar-refractivity contribution is 7.89. The van der Waals surface area contributed by atoms with Crippen LogP contribution in [0.25, 0.3) is 0 Å². The van der Waals surface area contributed by atoms with E-state index in [4.69, 9.17) is 4.74 Å². The predicted octanol–water partition coefficient (Wildman–Crippen LogP) is 3.78. The second-order valence-electron chi connectivity index (χ2n) is 7.70. The van der Waals surface area contributed by atoms with Crippen LogP contribution in [0.3, 0.4) is 0 Å². The van der Waals surface area contributed by atoms with Gasteiger partial charge in [-0.1, -0.05) is 60.7 Å². The van der Waals surface area contributed by atoms with Crippen LogP contribution in [0, 0.1) is 0 Å². The summed E-state index contributed by atoms with van der Waals surface area (Å²) < 4.78 is 31.4. The highest BCUT2D eigenvalue weighted by Crippen LogP contribution is 2.22. The molecular weight excluding hydrogens is 424 g/mol. The lowest BCUT2D eigenvalue weighted by atomic mass is 10.0. The maximum Gasteiger partial charge on any atom is 0.258 e. The fourth-order valence-electron chi connectivity index (χ4n) is 3.26. The molecule has 3 rings (SSSR count). The number of sulfonamides is 1. The highest BCUT2D eigenvalue weighted by Gasteiger charge is 2.18. The SMILES string of the molecule is CC(NC(=O)COc1ccccc1Cc1ccccc1)c1ccc(S(=O)(=O)N(C)C)cc1. The van der Waals surface area contributed by atoms with Crippen LogP contribution in [0.4, 0.5) is 0 Å². The molecule has 1 atom stereocenters. The number of carbonyl (C=O) groups excluding carboxylic acids is 1. The molecule has 0 aliphatic carbocycles. The molecule has 32 heavy (non-hydrogen) atoms. The molecular formula is C25H28N2O4S. The Morgan fingerprint density at radius 2 is 1.56 bits per heavy atom. The number of nitrogens with zero attached hydrogens (tertiary/aromatic N) is 1. The minimum atomic E-state index is -3.48. The van der Waals surface area contributed by atoms with Crippen molar-refractivity contribution in [2.75, 3.05) is 20.7 Å². The second kappa shape index (κ2) is 10.4. The van der Waals surface area contributed by atoms with Gasteiger partial charge in [0.1, 0.15) is 5.75 Å². The van der Waals surface area contributed by atoms with Crippen molar-refractivity contribution in [3.8, 4) is 5.75 Å². The van der Waals surface area contributed by atoms with Crippen LogP contribution in [0.1, 0.15) is 29.7 Å². The van der Waals surface area contributed by atoms with Gasteiger partial charge in [-0.15, -0.1) is 0 Å². The van der Waals surface area contributed by atoms with Gasteiger partial charge in [-0.2, -0.15) is 0 Å². The Morgan fingerprint density at radius 3 is 2.22 bits per heavy atom. The van der Waals surface area contributed by atoms with E-state index in [1.807, 2.05) is 49.4 Å². The molecule has 0 bridgehead atoms. The van der Waals surface area contributed by atoms with E-state index in [1.54, 1.807) is 24.3 Å². The third-order valence-electron chi connectivity index (χ3n) is 5.10. The number of amides is 1. The average molecular weight is 453 g/mol. The highest BCUT2D eigenvalue weighted by atomic mass is 32.2. The molecule has 0 saturated carbocycles. The molecule has 0 aliphatic heterocycles. The molecule has 0 aliphatic rings. The fraction of sp³-hybridized carbons (Fsp3) is 0.240. The smallest absolute Gasteiger partial charge is 0.258 e. The Morgan fingerprint density at radius 1 is 0.938 bits per heavy atom. The number of para-hydroxylation sites is 1. The first-order chi connectivity index (χ1) is 15.3. The van der Waals surface area contributed by atoms with Crippen molar-refractivity contribution in [2.45, 2.75) is 24.3 Å². The molecule has 0 saturated heterocycles. The second-order valence-corrected chi connectivity index (χ2v) is 9.86. The summed E-state index contributed by atoms with van der Waals surface area (Å²) in [7, 11) is -0.502. The lowest BCUT2D eigenvalue weighted by molar-refractivity contribution is -0.123. The number of ether oxygens (including phenoxy) is 1. The van der Waals surface area contributed by atoms with Crippen LogP contribution < -0.4 is 10.1 Å². The van der Waals surface area contributed by atoms with Gasteiger partial charge in [-0.25, -0.2) is 12.7 Å². The quantitative estimate of drug-likeness (QED) is 0.536. The Labute approximate surface area is 189 Å². The maximum absolute atomic E-state index is 12.4. The number of hydrogen-bond acceptors (Lipinski definition) is 4. The molecule has 0 fully saturated rings. The lowest BCUT2D eigenvalue weighted by Crippen LogP contribution is -2.31. The number of carbonyl (C=O) groups is 1. The largest absolute Gasteiger partial charge is 0.483 e. The van der Waals surface area contributed by atoms with Gasteiger partial charge in [-0.3, -0.25) is 4.79 Å². The van der Waals surface area contributed by atoms with Crippen molar-refractivity contribution < 1.29 is 17.9 Å². The van der Waals surface area contributed by atoms with Crippen molar-refractivity contribution in [3.05, 3.63) is 95.6 Å². The zero-order chi connectivity index (χ0) is 23.1. The number of rotatable bonds is 9. The van der Waals surface area contributed by atoms with E-state index in [0.29, 0.717) is 5.75 Å². The first-order valence-corrected chi connectivity index (χ1v) is 11.8. The van der Waals surface area contributed by atoms with Gasteiger partial charge in [0.05, 0.1) is 10.9 Å². The molecule has 6 nitrogen and oxygen atoms in total. The normalized spacial score (nSPS) is 12.4. The van der Waals surface area contributed by atoms with Crippen LogP contribution in [0.2, 0.25) is 0 Å². The number of benzene rings is 3. The Balaban J connectivity index is 1.59. The topological polar surface area (TPSA) is 75.7 Å². The van der Waals surface area contributed by atoms with E-state index in [1.165, 1.54) is 24.0 Å². The molecule has 1 amide bonds. The van der Waals surface area contributed by atoms with E-state index in [-0.39, 0.29) is 23.5 Å². The summed E-state index contributed by atoms with van der Waals surface area (Å²) in [6, 6.07) is 24.0. The molecule has 0 aromatic heterocycles. The third kappa shape index (κ3) is 5.96. The summed E-state index contributed by atoms with van der Waals surface area (Å²) in [6.07, 6.45) is 0.719. The molecule has 7 heteroatoms. The molecule has 3 aromatic carbocycles. The van der Waals surface area contributed by atoms with Gasteiger partial charge >= 0.3 is 0 Å². The van der Waals surface area contributed by atoms with E-state index in [2.05, 4.69) is 17.4 Å². The summed E-state index contributed by atoms with van der Waals surface area (Å²) in [4.78, 5) is 12.7. The molecule has 1 N–H and O–H groups in total. The van der Waals surface area contributed by atoms with Gasteiger partial charge in [0.15, 0.2) is 6.61 Å². The molecule has 1 unspecified atom stereocenters. The van der Waals surface area contributed by atoms with E-state index in [9.17, 15) is 13.2 Å². The van der Waals surface area contributed by atoms with Gasteiger partial charge in [0, 0.05) is 20.5 Å². The fourth-order valence-corrected chi connectivity index (χ4v) is 4.16. The molecule has 3 aromatic rings. The van der Waals surface area contributed by atoms with Crippen LogP contribution in [0.5, 0.6) is 5.75 Å². The molecule has 0 heterocycles. The summed E-state index contributed by atoms with van der Waals surface area (Å²) in [5.74, 6) is 0.425. The Kier molecular flexibility index (Phi) is 7.66. The molecule has 0 spiro atoms. The van der Waals surface area contributed by atoms with Gasteiger partial charge < -0.3 is 10.1 Å². The standard InChI is InChI=1S/C25H28N2O4S/c1-19(21-13-15-23(16-14-21)32(29,30)27(2)3)26-25(28)18-31-24-12-8-7-11-22(24)17-20-9-5-4-6-10-20/h4-16,19H,17-18H2,1-3H3,(H,26,28). The summed E-state index contributed by atoms with van der Waals surface area (Å²) in [5.41, 5.74) is 2.99. The minimum absolute atomic E-state index is 0.108. The van der Waals surface area contributed by atoms with Crippen molar-refractivity contribution in [1.82, 2.24) is 9.62 Å².